The monoisotopic (exact) mass is 306 g/mol. The van der Waals surface area contributed by atoms with Gasteiger partial charge in [-0.2, -0.15) is 0 Å². The largest absolute Gasteiger partial charge is 0.370 e. The van der Waals surface area contributed by atoms with E-state index in [1.54, 1.807) is 6.33 Å². The molecule has 2 rings (SSSR count). The van der Waals surface area contributed by atoms with Gasteiger partial charge in [0.25, 0.3) is 0 Å². The minimum Gasteiger partial charge on any atom is -0.370 e. The van der Waals surface area contributed by atoms with Gasteiger partial charge >= 0.3 is 0 Å². The second-order valence-corrected chi connectivity index (χ2v) is 6.17. The Morgan fingerprint density at radius 3 is 2.62 bits per heavy atom. The molecule has 7 heteroatoms. The van der Waals surface area contributed by atoms with E-state index in [0.29, 0.717) is 5.92 Å². The molecule has 0 aliphatic rings. The van der Waals surface area contributed by atoms with Crippen molar-refractivity contribution in [1.29, 1.82) is 0 Å². The average Bonchev–Trinajstić information content (AvgIpc) is 2.77. The molecule has 6 nitrogen and oxygen atoms in total. The van der Waals surface area contributed by atoms with Crippen molar-refractivity contribution in [2.75, 3.05) is 11.9 Å². The fraction of sp³-hybridized carbons (Fsp3) is 0.571. The van der Waals surface area contributed by atoms with Crippen molar-refractivity contribution < 1.29 is 0 Å². The van der Waals surface area contributed by atoms with E-state index >= 15 is 0 Å². The molecule has 1 N–H and O–H groups in total. The van der Waals surface area contributed by atoms with Crippen molar-refractivity contribution in [3.05, 3.63) is 17.7 Å². The third-order valence-corrected chi connectivity index (χ3v) is 4.26. The van der Waals surface area contributed by atoms with Gasteiger partial charge in [0.2, 0.25) is 0 Å². The first-order chi connectivity index (χ1) is 10.0. The Balaban J connectivity index is 2.36. The zero-order valence-electron chi connectivity index (χ0n) is 13.2. The van der Waals surface area contributed by atoms with E-state index < -0.39 is 0 Å². The smallest absolute Gasteiger partial charge is 0.197 e. The maximum absolute atomic E-state index is 4.45. The zero-order valence-corrected chi connectivity index (χ0v) is 14.0. The fourth-order valence-corrected chi connectivity index (χ4v) is 2.99. The van der Waals surface area contributed by atoms with Gasteiger partial charge in [0, 0.05) is 19.2 Å². The van der Waals surface area contributed by atoms with Crippen LogP contribution in [-0.2, 0) is 7.05 Å². The minimum absolute atomic E-state index is 0.336. The van der Waals surface area contributed by atoms with Crippen molar-refractivity contribution in [2.45, 2.75) is 50.2 Å². The minimum atomic E-state index is 0.336. The molecule has 0 atom stereocenters. The predicted molar refractivity (Wildman–Crippen MR) is 84.8 cm³/mol. The SMILES string of the molecule is CCCNc1ncnc(Sc2nnc(C)n2C)c1C(C)C. The molecule has 0 aliphatic heterocycles. The second-order valence-electron chi connectivity index (χ2n) is 5.21. The molecule has 0 saturated carbocycles. The van der Waals surface area contributed by atoms with Crippen LogP contribution in [0, 0.1) is 6.92 Å². The van der Waals surface area contributed by atoms with Crippen LogP contribution in [0.2, 0.25) is 0 Å². The van der Waals surface area contributed by atoms with E-state index in [9.17, 15) is 0 Å². The molecule has 114 valence electrons. The van der Waals surface area contributed by atoms with Crippen molar-refractivity contribution in [1.82, 2.24) is 24.7 Å². The molecule has 2 heterocycles. The zero-order chi connectivity index (χ0) is 15.4. The van der Waals surface area contributed by atoms with Gasteiger partial charge in [-0.3, -0.25) is 0 Å². The number of hydrogen-bond donors (Lipinski definition) is 1. The number of aryl methyl sites for hydroxylation is 1. The van der Waals surface area contributed by atoms with E-state index in [-0.39, 0.29) is 0 Å². The molecule has 0 spiro atoms. The number of nitrogens with zero attached hydrogens (tertiary/aromatic N) is 5. The normalized spacial score (nSPS) is 11.1. The van der Waals surface area contributed by atoms with Gasteiger partial charge in [-0.25, -0.2) is 9.97 Å². The third kappa shape index (κ3) is 3.53. The molecule has 0 saturated heterocycles. The summed E-state index contributed by atoms with van der Waals surface area (Å²) in [4.78, 5) is 8.83. The molecule has 0 unspecified atom stereocenters. The van der Waals surface area contributed by atoms with Crippen LogP contribution < -0.4 is 5.32 Å². The first kappa shape index (κ1) is 15.8. The van der Waals surface area contributed by atoms with Crippen LogP contribution in [0.5, 0.6) is 0 Å². The molecule has 0 bridgehead atoms. The Morgan fingerprint density at radius 1 is 1.29 bits per heavy atom. The topological polar surface area (TPSA) is 68.5 Å². The quantitative estimate of drug-likeness (QED) is 0.827. The summed E-state index contributed by atoms with van der Waals surface area (Å²) in [6.45, 7) is 9.30. The number of rotatable bonds is 6. The molecule has 0 amide bonds. The van der Waals surface area contributed by atoms with Gasteiger partial charge in [-0.1, -0.05) is 20.8 Å². The summed E-state index contributed by atoms with van der Waals surface area (Å²) in [7, 11) is 1.96. The predicted octanol–water partition coefficient (Wildman–Crippen LogP) is 3.01. The molecule has 21 heavy (non-hydrogen) atoms. The Bertz CT molecular complexity index is 608. The lowest BCUT2D eigenvalue weighted by Crippen LogP contribution is -2.08. The lowest BCUT2D eigenvalue weighted by atomic mass is 10.1. The summed E-state index contributed by atoms with van der Waals surface area (Å²) in [6, 6.07) is 0. The Hall–Kier alpha value is -1.63. The maximum Gasteiger partial charge on any atom is 0.197 e. The highest BCUT2D eigenvalue weighted by Gasteiger charge is 2.18. The van der Waals surface area contributed by atoms with Crippen LogP contribution in [0.1, 0.15) is 44.5 Å². The number of anilines is 1. The highest BCUT2D eigenvalue weighted by molar-refractivity contribution is 7.99. The van der Waals surface area contributed by atoms with Gasteiger partial charge in [0.05, 0.1) is 0 Å². The van der Waals surface area contributed by atoms with Crippen LogP contribution in [0.3, 0.4) is 0 Å². The van der Waals surface area contributed by atoms with Crippen LogP contribution >= 0.6 is 11.8 Å². The van der Waals surface area contributed by atoms with E-state index in [2.05, 4.69) is 46.3 Å². The van der Waals surface area contributed by atoms with Gasteiger partial charge in [-0.15, -0.1) is 10.2 Å². The highest BCUT2D eigenvalue weighted by Crippen LogP contribution is 2.34. The third-order valence-electron chi connectivity index (χ3n) is 3.21. The molecular weight excluding hydrogens is 284 g/mol. The summed E-state index contributed by atoms with van der Waals surface area (Å²) in [5.74, 6) is 2.15. The van der Waals surface area contributed by atoms with E-state index in [0.717, 1.165) is 40.4 Å². The second kappa shape index (κ2) is 6.89. The summed E-state index contributed by atoms with van der Waals surface area (Å²) >= 11 is 1.54. The van der Waals surface area contributed by atoms with E-state index in [1.165, 1.54) is 11.8 Å². The maximum atomic E-state index is 4.45. The van der Waals surface area contributed by atoms with Crippen molar-refractivity contribution in [2.24, 2.45) is 7.05 Å². The molecule has 0 aliphatic carbocycles. The molecular formula is C14H22N6S. The van der Waals surface area contributed by atoms with Crippen LogP contribution in [0.15, 0.2) is 16.5 Å². The van der Waals surface area contributed by atoms with Gasteiger partial charge in [-0.05, 0) is 31.0 Å². The molecule has 0 fully saturated rings. The molecule has 0 aromatic carbocycles. The Labute approximate surface area is 129 Å². The molecule has 2 aromatic heterocycles. The lowest BCUT2D eigenvalue weighted by Gasteiger charge is -2.16. The summed E-state index contributed by atoms with van der Waals surface area (Å²) < 4.78 is 1.97. The van der Waals surface area contributed by atoms with Crippen LogP contribution in [0.25, 0.3) is 0 Å². The van der Waals surface area contributed by atoms with E-state index in [1.807, 2.05) is 18.5 Å². The average molecular weight is 306 g/mol. The number of nitrogens with one attached hydrogen (secondary N) is 1. The van der Waals surface area contributed by atoms with Gasteiger partial charge in [0.15, 0.2) is 5.16 Å². The van der Waals surface area contributed by atoms with Crippen LogP contribution in [0.4, 0.5) is 5.82 Å². The first-order valence-electron chi connectivity index (χ1n) is 7.17. The van der Waals surface area contributed by atoms with E-state index in [4.69, 9.17) is 0 Å². The summed E-state index contributed by atoms with van der Waals surface area (Å²) in [5.41, 5.74) is 1.14. The Morgan fingerprint density at radius 2 is 2.05 bits per heavy atom. The Kier molecular flexibility index (Phi) is 5.17. The number of aromatic nitrogens is 5. The van der Waals surface area contributed by atoms with Crippen molar-refractivity contribution >= 4 is 17.6 Å². The fourth-order valence-electron chi connectivity index (χ4n) is 1.93. The van der Waals surface area contributed by atoms with Gasteiger partial charge < -0.3 is 9.88 Å². The molecule has 2 aromatic rings. The van der Waals surface area contributed by atoms with Gasteiger partial charge in [0.1, 0.15) is 23.0 Å². The molecule has 0 radical (unpaired) electrons. The summed E-state index contributed by atoms with van der Waals surface area (Å²) in [5, 5.41) is 13.5. The van der Waals surface area contributed by atoms with Crippen molar-refractivity contribution in [3.8, 4) is 0 Å². The summed E-state index contributed by atoms with van der Waals surface area (Å²) in [6.07, 6.45) is 2.67. The standard InChI is InChI=1S/C14H22N6S/c1-6-7-15-12-11(9(2)3)13(17-8-16-12)21-14-19-18-10(4)20(14)5/h8-9H,6-7H2,1-5H3,(H,15,16,17). The van der Waals surface area contributed by atoms with Crippen LogP contribution in [-0.4, -0.2) is 31.3 Å². The highest BCUT2D eigenvalue weighted by atomic mass is 32.2. The first-order valence-corrected chi connectivity index (χ1v) is 7.98. The van der Waals surface area contributed by atoms with Crippen molar-refractivity contribution in [3.63, 3.8) is 0 Å². The number of hydrogen-bond acceptors (Lipinski definition) is 6. The lowest BCUT2D eigenvalue weighted by molar-refractivity contribution is 0.758.